The summed E-state index contributed by atoms with van der Waals surface area (Å²) in [6.45, 7) is 4.05. The Kier molecular flexibility index (Phi) is 4.68. The molecule has 1 aliphatic heterocycles. The van der Waals surface area contributed by atoms with E-state index < -0.39 is 0 Å². The van der Waals surface area contributed by atoms with Crippen molar-refractivity contribution in [1.29, 1.82) is 0 Å². The average Bonchev–Trinajstić information content (AvgIpc) is 3.40. The Morgan fingerprint density at radius 1 is 1.04 bits per heavy atom. The Labute approximate surface area is 168 Å². The minimum atomic E-state index is 0.252. The summed E-state index contributed by atoms with van der Waals surface area (Å²) in [6.07, 6.45) is 2.08. The van der Waals surface area contributed by atoms with Crippen molar-refractivity contribution in [3.05, 3.63) is 76.7 Å². The van der Waals surface area contributed by atoms with Crippen LogP contribution in [0.25, 0.3) is 16.6 Å². The van der Waals surface area contributed by atoms with Gasteiger partial charge in [-0.2, -0.15) is 11.3 Å². The highest BCUT2D eigenvalue weighted by Crippen LogP contribution is 2.28. The molecule has 28 heavy (non-hydrogen) atoms. The van der Waals surface area contributed by atoms with Gasteiger partial charge in [0.05, 0.1) is 11.6 Å². The van der Waals surface area contributed by atoms with Crippen molar-refractivity contribution < 1.29 is 0 Å². The zero-order chi connectivity index (χ0) is 18.9. The lowest BCUT2D eigenvalue weighted by Gasteiger charge is -2.38. The minimum absolute atomic E-state index is 0.252. The van der Waals surface area contributed by atoms with Crippen LogP contribution in [0.15, 0.2) is 65.5 Å². The predicted molar refractivity (Wildman–Crippen MR) is 113 cm³/mol. The monoisotopic (exact) mass is 389 g/mol. The number of aromatic nitrogens is 3. The molecule has 142 valence electrons. The van der Waals surface area contributed by atoms with Crippen molar-refractivity contribution in [3.63, 3.8) is 0 Å². The molecule has 1 aromatic carbocycles. The Morgan fingerprint density at radius 3 is 2.75 bits per heavy atom. The van der Waals surface area contributed by atoms with E-state index >= 15 is 0 Å². The molecule has 0 N–H and O–H groups in total. The van der Waals surface area contributed by atoms with Crippen molar-refractivity contribution in [2.45, 2.75) is 12.6 Å². The fourth-order valence-electron chi connectivity index (χ4n) is 3.96. The number of rotatable bonds is 4. The zero-order valence-corrected chi connectivity index (χ0v) is 16.7. The van der Waals surface area contributed by atoms with Gasteiger partial charge in [-0.1, -0.05) is 41.6 Å². The molecule has 4 heterocycles. The second kappa shape index (κ2) is 7.47. The molecule has 6 heteroatoms. The normalized spacial score (nSPS) is 18.7. The van der Waals surface area contributed by atoms with Crippen LogP contribution in [0.4, 0.5) is 0 Å². The van der Waals surface area contributed by atoms with Gasteiger partial charge < -0.3 is 0 Å². The number of benzene rings is 1. The number of fused-ring (bicyclic) bond motifs is 1. The summed E-state index contributed by atoms with van der Waals surface area (Å²) in [5.41, 5.74) is 5.93. The molecule has 1 fully saturated rings. The molecule has 0 radical (unpaired) electrons. The van der Waals surface area contributed by atoms with Gasteiger partial charge in [-0.05, 0) is 41.1 Å². The van der Waals surface area contributed by atoms with Gasteiger partial charge in [0.15, 0.2) is 0 Å². The van der Waals surface area contributed by atoms with Crippen LogP contribution in [0.3, 0.4) is 0 Å². The van der Waals surface area contributed by atoms with E-state index in [-0.39, 0.29) is 6.04 Å². The van der Waals surface area contributed by atoms with Gasteiger partial charge in [-0.25, -0.2) is 4.52 Å². The standard InChI is InChI=1S/C22H23N5S/c1-25-10-11-26(13-17-5-3-2-4-6-17)15-21(25)22-20-8-7-18(14-27(20)24-23-22)19-9-12-28-16-19/h2-9,12,14,16,21H,10-11,13,15H2,1H3/t21-/m1/s1. The topological polar surface area (TPSA) is 36.7 Å². The Bertz CT molecular complexity index is 1060. The highest BCUT2D eigenvalue weighted by Gasteiger charge is 2.29. The molecule has 0 saturated carbocycles. The molecular weight excluding hydrogens is 366 g/mol. The maximum atomic E-state index is 4.58. The van der Waals surface area contributed by atoms with Gasteiger partial charge in [0.2, 0.25) is 0 Å². The van der Waals surface area contributed by atoms with Crippen LogP contribution in [0.2, 0.25) is 0 Å². The number of hydrogen-bond donors (Lipinski definition) is 0. The molecule has 1 atom stereocenters. The fourth-order valence-corrected chi connectivity index (χ4v) is 4.63. The van der Waals surface area contributed by atoms with Crippen molar-refractivity contribution in [1.82, 2.24) is 24.6 Å². The number of piperazine rings is 1. The number of thiophene rings is 1. The largest absolute Gasteiger partial charge is 0.296 e. The summed E-state index contributed by atoms with van der Waals surface area (Å²) >= 11 is 1.71. The summed E-state index contributed by atoms with van der Waals surface area (Å²) in [4.78, 5) is 4.92. The van der Waals surface area contributed by atoms with E-state index in [9.17, 15) is 0 Å². The van der Waals surface area contributed by atoms with Crippen LogP contribution in [-0.4, -0.2) is 51.3 Å². The van der Waals surface area contributed by atoms with Crippen molar-refractivity contribution >= 4 is 16.9 Å². The first kappa shape index (κ1) is 17.6. The molecule has 4 aromatic rings. The molecule has 1 saturated heterocycles. The smallest absolute Gasteiger partial charge is 0.109 e. The summed E-state index contributed by atoms with van der Waals surface area (Å²) in [6, 6.07) is 17.4. The summed E-state index contributed by atoms with van der Waals surface area (Å²) in [5.74, 6) is 0. The lowest BCUT2D eigenvalue weighted by molar-refractivity contribution is 0.0889. The third-order valence-corrected chi connectivity index (χ3v) is 6.27. The van der Waals surface area contributed by atoms with Crippen molar-refractivity contribution in [2.75, 3.05) is 26.7 Å². The maximum Gasteiger partial charge on any atom is 0.109 e. The van der Waals surface area contributed by atoms with E-state index in [0.29, 0.717) is 0 Å². The van der Waals surface area contributed by atoms with E-state index in [1.165, 1.54) is 16.7 Å². The second-order valence-electron chi connectivity index (χ2n) is 7.45. The van der Waals surface area contributed by atoms with Crippen LogP contribution in [-0.2, 0) is 6.54 Å². The molecule has 0 bridgehead atoms. The first-order chi connectivity index (χ1) is 13.8. The summed E-state index contributed by atoms with van der Waals surface area (Å²) < 4.78 is 1.92. The first-order valence-corrected chi connectivity index (χ1v) is 10.6. The third kappa shape index (κ3) is 3.35. The number of likely N-dealkylation sites (N-methyl/N-ethyl adjacent to an activating group) is 1. The number of hydrogen-bond acceptors (Lipinski definition) is 5. The third-order valence-electron chi connectivity index (χ3n) is 5.59. The van der Waals surface area contributed by atoms with Crippen LogP contribution in [0.1, 0.15) is 17.3 Å². The highest BCUT2D eigenvalue weighted by molar-refractivity contribution is 7.08. The number of nitrogens with zero attached hydrogens (tertiary/aromatic N) is 5. The van der Waals surface area contributed by atoms with Crippen LogP contribution >= 0.6 is 11.3 Å². The van der Waals surface area contributed by atoms with Gasteiger partial charge >= 0.3 is 0 Å². The highest BCUT2D eigenvalue weighted by atomic mass is 32.1. The molecule has 5 nitrogen and oxygen atoms in total. The molecule has 5 rings (SSSR count). The summed E-state index contributed by atoms with van der Waals surface area (Å²) in [5, 5.41) is 13.3. The van der Waals surface area contributed by atoms with Crippen LogP contribution in [0, 0.1) is 0 Å². The van der Waals surface area contributed by atoms with Gasteiger partial charge in [0.1, 0.15) is 5.69 Å². The molecular formula is C22H23N5S. The van der Waals surface area contributed by atoms with Crippen LogP contribution < -0.4 is 0 Å². The first-order valence-electron chi connectivity index (χ1n) is 9.62. The Hall–Kier alpha value is -2.54. The predicted octanol–water partition coefficient (Wildman–Crippen LogP) is 3.95. The molecule has 3 aromatic heterocycles. The molecule has 0 unspecified atom stereocenters. The minimum Gasteiger partial charge on any atom is -0.296 e. The van der Waals surface area contributed by atoms with E-state index in [1.54, 1.807) is 11.3 Å². The Morgan fingerprint density at radius 2 is 1.93 bits per heavy atom. The lowest BCUT2D eigenvalue weighted by atomic mass is 10.1. The SMILES string of the molecule is CN1CCN(Cc2ccccc2)C[C@@H]1c1nnn2cc(-c3ccsc3)ccc12. The number of pyridine rings is 1. The van der Waals surface area contributed by atoms with Crippen molar-refractivity contribution in [2.24, 2.45) is 0 Å². The molecule has 0 spiro atoms. The van der Waals surface area contributed by atoms with Gasteiger partial charge in [0, 0.05) is 37.9 Å². The van der Waals surface area contributed by atoms with E-state index in [1.807, 2.05) is 4.52 Å². The Balaban J connectivity index is 1.41. The quantitative estimate of drug-likeness (QED) is 0.530. The van der Waals surface area contributed by atoms with E-state index in [0.717, 1.165) is 37.4 Å². The van der Waals surface area contributed by atoms with Gasteiger partial charge in [0.25, 0.3) is 0 Å². The maximum absolute atomic E-state index is 4.58. The van der Waals surface area contributed by atoms with Gasteiger partial charge in [-0.3, -0.25) is 9.80 Å². The van der Waals surface area contributed by atoms with Gasteiger partial charge in [-0.15, -0.1) is 5.10 Å². The molecule has 1 aliphatic rings. The fraction of sp³-hybridized carbons (Fsp3) is 0.273. The lowest BCUT2D eigenvalue weighted by Crippen LogP contribution is -2.46. The van der Waals surface area contributed by atoms with Crippen LogP contribution in [0.5, 0.6) is 0 Å². The van der Waals surface area contributed by atoms with Crippen molar-refractivity contribution in [3.8, 4) is 11.1 Å². The zero-order valence-electron chi connectivity index (χ0n) is 15.9. The van der Waals surface area contributed by atoms with E-state index in [4.69, 9.17) is 0 Å². The molecule has 0 aliphatic carbocycles. The molecule has 0 amide bonds. The van der Waals surface area contributed by atoms with E-state index in [2.05, 4.69) is 92.6 Å². The second-order valence-corrected chi connectivity index (χ2v) is 8.23. The summed E-state index contributed by atoms with van der Waals surface area (Å²) in [7, 11) is 2.19. The average molecular weight is 390 g/mol.